The molecule has 0 radical (unpaired) electrons. The van der Waals surface area contributed by atoms with Gasteiger partial charge in [-0.25, -0.2) is 9.18 Å². The van der Waals surface area contributed by atoms with Crippen molar-refractivity contribution in [3.05, 3.63) is 28.5 Å². The van der Waals surface area contributed by atoms with Crippen molar-refractivity contribution >= 4 is 27.6 Å². The Morgan fingerprint density at radius 2 is 2.28 bits per heavy atom. The number of carbonyl (C=O) groups excluding carboxylic acids is 1. The molecule has 4 nitrogen and oxygen atoms in total. The van der Waals surface area contributed by atoms with Crippen molar-refractivity contribution in [1.82, 2.24) is 5.32 Å². The van der Waals surface area contributed by atoms with Crippen LogP contribution >= 0.6 is 15.9 Å². The van der Waals surface area contributed by atoms with E-state index in [2.05, 4.69) is 26.6 Å². The van der Waals surface area contributed by atoms with Gasteiger partial charge in [-0.1, -0.05) is 6.92 Å². The zero-order valence-corrected chi connectivity index (χ0v) is 11.6. The highest BCUT2D eigenvalue weighted by Gasteiger charge is 2.06. The maximum Gasteiger partial charge on any atom is 0.319 e. The summed E-state index contributed by atoms with van der Waals surface area (Å²) in [7, 11) is 0. The van der Waals surface area contributed by atoms with E-state index in [1.165, 1.54) is 12.1 Å². The molecule has 1 rings (SSSR count). The Morgan fingerprint density at radius 3 is 2.89 bits per heavy atom. The van der Waals surface area contributed by atoms with E-state index in [0.717, 1.165) is 0 Å². The second-order valence-electron chi connectivity index (χ2n) is 4.08. The number of hydrogen-bond donors (Lipinski definition) is 3. The minimum Gasteiger partial charge on any atom is -0.396 e. The van der Waals surface area contributed by atoms with E-state index in [4.69, 9.17) is 5.11 Å². The lowest BCUT2D eigenvalue weighted by molar-refractivity contribution is 0.243. The molecule has 0 aliphatic rings. The van der Waals surface area contributed by atoms with Gasteiger partial charge in [0.2, 0.25) is 0 Å². The summed E-state index contributed by atoms with van der Waals surface area (Å²) in [5.74, 6) is -0.233. The Bertz CT molecular complexity index is 415. The predicted octanol–water partition coefficient (Wildman–Crippen LogP) is 2.73. The Hall–Kier alpha value is -1.14. The number of aliphatic hydroxyl groups is 1. The normalized spacial score (nSPS) is 12.0. The van der Waals surface area contributed by atoms with Crippen LogP contribution in [-0.4, -0.2) is 24.3 Å². The molecule has 1 unspecified atom stereocenters. The SMILES string of the molecule is CC(CCO)CNC(=O)Nc1ccc(Br)c(F)c1. The van der Waals surface area contributed by atoms with Gasteiger partial charge in [0.05, 0.1) is 4.47 Å². The van der Waals surface area contributed by atoms with Gasteiger partial charge in [0, 0.05) is 18.8 Å². The van der Waals surface area contributed by atoms with Crippen LogP contribution in [0.2, 0.25) is 0 Å². The largest absolute Gasteiger partial charge is 0.396 e. The van der Waals surface area contributed by atoms with Crippen molar-refractivity contribution in [3.63, 3.8) is 0 Å². The fourth-order valence-corrected chi connectivity index (χ4v) is 1.59. The minimum atomic E-state index is -0.429. The third kappa shape index (κ3) is 5.01. The number of halogens is 2. The Balaban J connectivity index is 2.42. The van der Waals surface area contributed by atoms with Gasteiger partial charge in [0.15, 0.2) is 0 Å². The van der Waals surface area contributed by atoms with Crippen LogP contribution in [-0.2, 0) is 0 Å². The summed E-state index contributed by atoms with van der Waals surface area (Å²) >= 11 is 3.04. The van der Waals surface area contributed by atoms with E-state index in [1.54, 1.807) is 6.07 Å². The quantitative estimate of drug-likeness (QED) is 0.781. The van der Waals surface area contributed by atoms with Gasteiger partial charge in [-0.2, -0.15) is 0 Å². The third-order valence-electron chi connectivity index (χ3n) is 2.41. The first-order valence-corrected chi connectivity index (χ1v) is 6.43. The molecule has 6 heteroatoms. The Labute approximate surface area is 114 Å². The van der Waals surface area contributed by atoms with Gasteiger partial charge < -0.3 is 15.7 Å². The Kier molecular flexibility index (Phi) is 6.07. The summed E-state index contributed by atoms with van der Waals surface area (Å²) < 4.78 is 13.5. The van der Waals surface area contributed by atoms with E-state index in [0.29, 0.717) is 23.1 Å². The molecule has 100 valence electrons. The van der Waals surface area contributed by atoms with Crippen LogP contribution in [0.25, 0.3) is 0 Å². The number of benzene rings is 1. The summed E-state index contributed by atoms with van der Waals surface area (Å²) in [5, 5.41) is 13.9. The molecule has 0 saturated heterocycles. The van der Waals surface area contributed by atoms with Crippen molar-refractivity contribution < 1.29 is 14.3 Å². The van der Waals surface area contributed by atoms with Crippen molar-refractivity contribution in [3.8, 4) is 0 Å². The topological polar surface area (TPSA) is 61.4 Å². The lowest BCUT2D eigenvalue weighted by atomic mass is 10.1. The number of carbonyl (C=O) groups is 1. The summed E-state index contributed by atoms with van der Waals surface area (Å²) in [6.07, 6.45) is 0.632. The van der Waals surface area contributed by atoms with Gasteiger partial charge in [-0.15, -0.1) is 0 Å². The molecule has 0 aliphatic carbocycles. The molecule has 0 aromatic heterocycles. The third-order valence-corrected chi connectivity index (χ3v) is 3.05. The second kappa shape index (κ2) is 7.33. The van der Waals surface area contributed by atoms with Gasteiger partial charge in [-0.05, 0) is 46.5 Å². The maximum atomic E-state index is 13.2. The zero-order chi connectivity index (χ0) is 13.5. The summed E-state index contributed by atoms with van der Waals surface area (Å²) in [5.41, 5.74) is 0.392. The molecule has 0 aliphatic heterocycles. The smallest absolute Gasteiger partial charge is 0.319 e. The van der Waals surface area contributed by atoms with Gasteiger partial charge in [0.25, 0.3) is 0 Å². The lowest BCUT2D eigenvalue weighted by Gasteiger charge is -2.12. The van der Waals surface area contributed by atoms with Crippen molar-refractivity contribution in [2.45, 2.75) is 13.3 Å². The van der Waals surface area contributed by atoms with Crippen LogP contribution in [0.1, 0.15) is 13.3 Å². The van der Waals surface area contributed by atoms with Crippen LogP contribution < -0.4 is 10.6 Å². The molecule has 0 bridgehead atoms. The average Bonchev–Trinajstić information content (AvgIpc) is 2.32. The van der Waals surface area contributed by atoms with Crippen LogP contribution in [0.3, 0.4) is 0 Å². The predicted molar refractivity (Wildman–Crippen MR) is 72.0 cm³/mol. The summed E-state index contributed by atoms with van der Waals surface area (Å²) in [4.78, 5) is 11.5. The first-order chi connectivity index (χ1) is 8.52. The molecule has 2 amide bonds. The highest BCUT2D eigenvalue weighted by Crippen LogP contribution is 2.19. The van der Waals surface area contributed by atoms with Crippen molar-refractivity contribution in [1.29, 1.82) is 0 Å². The fourth-order valence-electron chi connectivity index (χ4n) is 1.34. The van der Waals surface area contributed by atoms with Crippen molar-refractivity contribution in [2.75, 3.05) is 18.5 Å². The number of amides is 2. The molecular weight excluding hydrogens is 303 g/mol. The van der Waals surface area contributed by atoms with Gasteiger partial charge >= 0.3 is 6.03 Å². The van der Waals surface area contributed by atoms with E-state index in [1.807, 2.05) is 6.92 Å². The zero-order valence-electron chi connectivity index (χ0n) is 10.0. The Morgan fingerprint density at radius 1 is 1.56 bits per heavy atom. The monoisotopic (exact) mass is 318 g/mol. The summed E-state index contributed by atoms with van der Waals surface area (Å²) in [6.45, 7) is 2.49. The van der Waals surface area contributed by atoms with E-state index >= 15 is 0 Å². The summed E-state index contributed by atoms with van der Waals surface area (Å²) in [6, 6.07) is 3.98. The van der Waals surface area contributed by atoms with Crippen LogP contribution in [0.15, 0.2) is 22.7 Å². The first kappa shape index (κ1) is 14.9. The van der Waals surface area contributed by atoms with Crippen molar-refractivity contribution in [2.24, 2.45) is 5.92 Å². The highest BCUT2D eigenvalue weighted by molar-refractivity contribution is 9.10. The molecule has 0 heterocycles. The van der Waals surface area contributed by atoms with E-state index in [-0.39, 0.29) is 18.6 Å². The molecular formula is C12H16BrFN2O2. The maximum absolute atomic E-state index is 13.2. The van der Waals surface area contributed by atoms with Crippen LogP contribution in [0.4, 0.5) is 14.9 Å². The molecule has 0 spiro atoms. The minimum absolute atomic E-state index is 0.0996. The lowest BCUT2D eigenvalue weighted by Crippen LogP contribution is -2.32. The van der Waals surface area contributed by atoms with E-state index < -0.39 is 5.82 Å². The number of nitrogens with one attached hydrogen (secondary N) is 2. The molecule has 0 fully saturated rings. The molecule has 1 aromatic carbocycles. The van der Waals surface area contributed by atoms with Crippen LogP contribution in [0, 0.1) is 11.7 Å². The van der Waals surface area contributed by atoms with Crippen LogP contribution in [0.5, 0.6) is 0 Å². The van der Waals surface area contributed by atoms with Gasteiger partial charge in [0.1, 0.15) is 5.82 Å². The average molecular weight is 319 g/mol. The number of anilines is 1. The number of urea groups is 1. The second-order valence-corrected chi connectivity index (χ2v) is 4.94. The highest BCUT2D eigenvalue weighted by atomic mass is 79.9. The number of rotatable bonds is 5. The fraction of sp³-hybridized carbons (Fsp3) is 0.417. The molecule has 0 saturated carbocycles. The molecule has 18 heavy (non-hydrogen) atoms. The van der Waals surface area contributed by atoms with Gasteiger partial charge in [-0.3, -0.25) is 0 Å². The molecule has 1 atom stereocenters. The standard InChI is InChI=1S/C12H16BrFN2O2/c1-8(4-5-17)7-15-12(18)16-9-2-3-10(13)11(14)6-9/h2-3,6,8,17H,4-5,7H2,1H3,(H2,15,16,18). The molecule has 1 aromatic rings. The molecule has 3 N–H and O–H groups in total. The number of hydrogen-bond acceptors (Lipinski definition) is 2. The number of aliphatic hydroxyl groups excluding tert-OH is 1. The van der Waals surface area contributed by atoms with E-state index in [9.17, 15) is 9.18 Å². The first-order valence-electron chi connectivity index (χ1n) is 5.63.